The van der Waals surface area contributed by atoms with E-state index in [1.807, 2.05) is 6.92 Å². The summed E-state index contributed by atoms with van der Waals surface area (Å²) in [5.41, 5.74) is 0.214. The van der Waals surface area contributed by atoms with Crippen LogP contribution in [-0.4, -0.2) is 36.5 Å². The van der Waals surface area contributed by atoms with E-state index in [1.54, 1.807) is 0 Å². The molecule has 1 aliphatic rings. The molecule has 3 nitrogen and oxygen atoms in total. The van der Waals surface area contributed by atoms with Crippen molar-refractivity contribution in [2.45, 2.75) is 72.1 Å². The molecule has 3 heteroatoms. The van der Waals surface area contributed by atoms with Crippen molar-refractivity contribution in [1.82, 2.24) is 5.32 Å². The molecule has 1 rings (SSSR count). The highest BCUT2D eigenvalue weighted by atomic mass is 16.5. The molecule has 0 bridgehead atoms. The van der Waals surface area contributed by atoms with Gasteiger partial charge in [-0.2, -0.15) is 0 Å². The molecule has 1 fully saturated rings. The van der Waals surface area contributed by atoms with Gasteiger partial charge in [-0.05, 0) is 31.7 Å². The summed E-state index contributed by atoms with van der Waals surface area (Å²) in [5.74, 6) is 0.604. The van der Waals surface area contributed by atoms with E-state index < -0.39 is 0 Å². The molecule has 3 atom stereocenters. The predicted octanol–water partition coefficient (Wildman–Crippen LogP) is 2.58. The van der Waals surface area contributed by atoms with E-state index in [2.05, 4.69) is 33.0 Å². The SMILES string of the molecule is CCC(O)CCNC1CC(OCC(C)C)C1(C)C. The summed E-state index contributed by atoms with van der Waals surface area (Å²) in [6.07, 6.45) is 3.01. The smallest absolute Gasteiger partial charge is 0.0656 e. The summed E-state index contributed by atoms with van der Waals surface area (Å²) >= 11 is 0. The van der Waals surface area contributed by atoms with Gasteiger partial charge in [-0.25, -0.2) is 0 Å². The molecular weight excluding hydrogens is 226 g/mol. The third kappa shape index (κ3) is 4.22. The van der Waals surface area contributed by atoms with Crippen LogP contribution in [0.5, 0.6) is 0 Å². The molecule has 3 unspecified atom stereocenters. The van der Waals surface area contributed by atoms with Crippen LogP contribution in [0.15, 0.2) is 0 Å². The molecule has 0 aromatic carbocycles. The molecule has 0 aliphatic heterocycles. The fraction of sp³-hybridized carbons (Fsp3) is 1.00. The highest BCUT2D eigenvalue weighted by Crippen LogP contribution is 2.42. The average Bonchev–Trinajstić information content (AvgIpc) is 2.30. The minimum atomic E-state index is -0.159. The molecular formula is C15H31NO2. The molecule has 0 amide bonds. The van der Waals surface area contributed by atoms with Gasteiger partial charge in [-0.1, -0.05) is 34.6 Å². The van der Waals surface area contributed by atoms with Crippen LogP contribution in [0.1, 0.15) is 53.9 Å². The molecule has 0 aromatic heterocycles. The number of hydrogen-bond donors (Lipinski definition) is 2. The van der Waals surface area contributed by atoms with Crippen LogP contribution in [-0.2, 0) is 4.74 Å². The van der Waals surface area contributed by atoms with Gasteiger partial charge in [0.25, 0.3) is 0 Å². The van der Waals surface area contributed by atoms with Crippen molar-refractivity contribution in [2.24, 2.45) is 11.3 Å². The number of nitrogens with one attached hydrogen (secondary N) is 1. The number of ether oxygens (including phenoxy) is 1. The lowest BCUT2D eigenvalue weighted by molar-refractivity contribution is -0.123. The van der Waals surface area contributed by atoms with E-state index in [0.717, 1.165) is 32.4 Å². The maximum atomic E-state index is 9.52. The van der Waals surface area contributed by atoms with Crippen molar-refractivity contribution in [3.05, 3.63) is 0 Å². The van der Waals surface area contributed by atoms with E-state index in [0.29, 0.717) is 18.1 Å². The first-order chi connectivity index (χ1) is 8.37. The Morgan fingerprint density at radius 3 is 2.56 bits per heavy atom. The molecule has 1 aliphatic carbocycles. The third-order valence-corrected chi connectivity index (χ3v) is 4.15. The molecule has 0 spiro atoms. The molecule has 0 radical (unpaired) electrons. The number of aliphatic hydroxyl groups excluding tert-OH is 1. The summed E-state index contributed by atoms with van der Waals surface area (Å²) in [6, 6.07) is 0.527. The van der Waals surface area contributed by atoms with E-state index in [-0.39, 0.29) is 11.5 Å². The Morgan fingerprint density at radius 2 is 2.06 bits per heavy atom. The van der Waals surface area contributed by atoms with Crippen LogP contribution >= 0.6 is 0 Å². The second kappa shape index (κ2) is 6.88. The molecule has 0 heterocycles. The number of aliphatic hydroxyl groups is 1. The van der Waals surface area contributed by atoms with Crippen molar-refractivity contribution in [1.29, 1.82) is 0 Å². The largest absolute Gasteiger partial charge is 0.393 e. The van der Waals surface area contributed by atoms with Gasteiger partial charge in [0.2, 0.25) is 0 Å². The van der Waals surface area contributed by atoms with Crippen LogP contribution < -0.4 is 5.32 Å². The fourth-order valence-corrected chi connectivity index (χ4v) is 2.45. The normalized spacial score (nSPS) is 28.2. The summed E-state index contributed by atoms with van der Waals surface area (Å²) < 4.78 is 5.94. The zero-order valence-corrected chi connectivity index (χ0v) is 12.7. The van der Waals surface area contributed by atoms with Gasteiger partial charge in [0.15, 0.2) is 0 Å². The summed E-state index contributed by atoms with van der Waals surface area (Å²) in [7, 11) is 0. The first kappa shape index (κ1) is 15.9. The van der Waals surface area contributed by atoms with Gasteiger partial charge in [0, 0.05) is 18.1 Å². The zero-order valence-electron chi connectivity index (χ0n) is 12.7. The zero-order chi connectivity index (χ0) is 13.8. The van der Waals surface area contributed by atoms with E-state index in [4.69, 9.17) is 4.74 Å². The molecule has 2 N–H and O–H groups in total. The molecule has 18 heavy (non-hydrogen) atoms. The maximum absolute atomic E-state index is 9.52. The summed E-state index contributed by atoms with van der Waals surface area (Å²) in [4.78, 5) is 0. The second-order valence-electron chi connectivity index (χ2n) is 6.63. The van der Waals surface area contributed by atoms with Crippen LogP contribution in [0, 0.1) is 11.3 Å². The summed E-state index contributed by atoms with van der Waals surface area (Å²) in [6.45, 7) is 12.7. The lowest BCUT2D eigenvalue weighted by Crippen LogP contribution is -2.61. The van der Waals surface area contributed by atoms with Crippen molar-refractivity contribution in [3.63, 3.8) is 0 Å². The Hall–Kier alpha value is -0.120. The highest BCUT2D eigenvalue weighted by Gasteiger charge is 2.48. The highest BCUT2D eigenvalue weighted by molar-refractivity contribution is 5.02. The van der Waals surface area contributed by atoms with Gasteiger partial charge in [-0.15, -0.1) is 0 Å². The van der Waals surface area contributed by atoms with Crippen molar-refractivity contribution >= 4 is 0 Å². The Labute approximate surface area is 112 Å². The van der Waals surface area contributed by atoms with Gasteiger partial charge in [0.1, 0.15) is 0 Å². The first-order valence-electron chi connectivity index (χ1n) is 7.41. The van der Waals surface area contributed by atoms with Crippen LogP contribution in [0.3, 0.4) is 0 Å². The van der Waals surface area contributed by atoms with Crippen LogP contribution in [0.4, 0.5) is 0 Å². The Kier molecular flexibility index (Phi) is 6.09. The monoisotopic (exact) mass is 257 g/mol. The van der Waals surface area contributed by atoms with Crippen molar-refractivity contribution in [3.8, 4) is 0 Å². The van der Waals surface area contributed by atoms with Crippen LogP contribution in [0.25, 0.3) is 0 Å². The minimum absolute atomic E-state index is 0.159. The van der Waals surface area contributed by atoms with Gasteiger partial charge >= 0.3 is 0 Å². The summed E-state index contributed by atoms with van der Waals surface area (Å²) in [5, 5.41) is 13.1. The van der Waals surface area contributed by atoms with Crippen molar-refractivity contribution in [2.75, 3.05) is 13.2 Å². The van der Waals surface area contributed by atoms with Gasteiger partial charge in [0.05, 0.1) is 12.2 Å². The lowest BCUT2D eigenvalue weighted by Gasteiger charge is -2.52. The lowest BCUT2D eigenvalue weighted by atomic mass is 9.64. The van der Waals surface area contributed by atoms with Gasteiger partial charge < -0.3 is 15.2 Å². The first-order valence-corrected chi connectivity index (χ1v) is 7.41. The second-order valence-corrected chi connectivity index (χ2v) is 6.63. The third-order valence-electron chi connectivity index (χ3n) is 4.15. The van der Waals surface area contributed by atoms with Gasteiger partial charge in [-0.3, -0.25) is 0 Å². The van der Waals surface area contributed by atoms with Crippen LogP contribution in [0.2, 0.25) is 0 Å². The fourth-order valence-electron chi connectivity index (χ4n) is 2.45. The number of hydrogen-bond acceptors (Lipinski definition) is 3. The molecule has 0 saturated heterocycles. The Morgan fingerprint density at radius 1 is 1.39 bits per heavy atom. The predicted molar refractivity (Wildman–Crippen MR) is 75.7 cm³/mol. The Balaban J connectivity index is 2.22. The molecule has 108 valence electrons. The minimum Gasteiger partial charge on any atom is -0.393 e. The van der Waals surface area contributed by atoms with E-state index in [9.17, 15) is 5.11 Å². The maximum Gasteiger partial charge on any atom is 0.0656 e. The number of rotatable bonds is 8. The topological polar surface area (TPSA) is 41.5 Å². The molecule has 1 saturated carbocycles. The van der Waals surface area contributed by atoms with E-state index in [1.165, 1.54) is 0 Å². The van der Waals surface area contributed by atoms with E-state index >= 15 is 0 Å². The quantitative estimate of drug-likeness (QED) is 0.702. The standard InChI is InChI=1S/C15H31NO2/c1-6-12(17)7-8-16-13-9-14(15(13,4)5)18-10-11(2)3/h11-14,16-17H,6-10H2,1-5H3. The Bertz CT molecular complexity index is 241. The molecule has 0 aromatic rings. The van der Waals surface area contributed by atoms with Crippen molar-refractivity contribution < 1.29 is 9.84 Å². The average molecular weight is 257 g/mol.